The molecule has 0 N–H and O–H groups in total. The SMILES string of the molecule is O=[PH]([O-])c1ccccc1.[Na+]. The summed E-state index contributed by atoms with van der Waals surface area (Å²) in [5.41, 5.74) is 0. The Labute approximate surface area is 82.4 Å². The quantitative estimate of drug-likeness (QED) is 0.331. The number of benzene rings is 1. The Balaban J connectivity index is 0.000000810. The summed E-state index contributed by atoms with van der Waals surface area (Å²) < 4.78 is 10.3. The van der Waals surface area contributed by atoms with Crippen LogP contribution in [0.5, 0.6) is 0 Å². The fraction of sp³-hybridized carbons (Fsp3) is 0. The molecule has 10 heavy (non-hydrogen) atoms. The monoisotopic (exact) mass is 164 g/mol. The molecule has 1 unspecified atom stereocenters. The van der Waals surface area contributed by atoms with Crippen molar-refractivity contribution in [3.63, 3.8) is 0 Å². The molecule has 0 heterocycles. The number of hydrogen-bond acceptors (Lipinski definition) is 2. The molecule has 0 aromatic heterocycles. The second-order valence-corrected chi connectivity index (χ2v) is 2.81. The minimum atomic E-state index is -2.71. The molecule has 0 saturated carbocycles. The predicted octanol–water partition coefficient (Wildman–Crippen LogP) is -2.85. The van der Waals surface area contributed by atoms with Crippen molar-refractivity contribution >= 4 is 13.3 Å². The Morgan fingerprint density at radius 1 is 1.20 bits per heavy atom. The van der Waals surface area contributed by atoms with Gasteiger partial charge in [-0.05, 0) is 5.30 Å². The van der Waals surface area contributed by atoms with Crippen molar-refractivity contribution in [3.05, 3.63) is 30.3 Å². The summed E-state index contributed by atoms with van der Waals surface area (Å²) >= 11 is 0. The van der Waals surface area contributed by atoms with E-state index in [1.807, 2.05) is 0 Å². The Bertz CT molecular complexity index is 212. The van der Waals surface area contributed by atoms with E-state index in [2.05, 4.69) is 0 Å². The predicted molar refractivity (Wildman–Crippen MR) is 35.1 cm³/mol. The van der Waals surface area contributed by atoms with Crippen LogP contribution in [-0.4, -0.2) is 0 Å². The fourth-order valence-corrected chi connectivity index (χ4v) is 1.04. The maximum atomic E-state index is 10.3. The van der Waals surface area contributed by atoms with Crippen LogP contribution in [0, 0.1) is 0 Å². The van der Waals surface area contributed by atoms with E-state index in [1.165, 1.54) is 0 Å². The van der Waals surface area contributed by atoms with Crippen LogP contribution in [0.4, 0.5) is 0 Å². The van der Waals surface area contributed by atoms with Gasteiger partial charge in [0.15, 0.2) is 0 Å². The van der Waals surface area contributed by atoms with Gasteiger partial charge in [-0.3, -0.25) is 0 Å². The summed E-state index contributed by atoms with van der Waals surface area (Å²) in [6, 6.07) is 8.35. The third-order valence-electron chi connectivity index (χ3n) is 1.01. The molecule has 0 spiro atoms. The zero-order chi connectivity index (χ0) is 6.69. The maximum Gasteiger partial charge on any atom is 1.00 e. The van der Waals surface area contributed by atoms with Gasteiger partial charge in [-0.15, -0.1) is 0 Å². The molecule has 1 atom stereocenters. The Morgan fingerprint density at radius 2 is 1.70 bits per heavy atom. The zero-order valence-electron chi connectivity index (χ0n) is 5.70. The van der Waals surface area contributed by atoms with E-state index >= 15 is 0 Å². The molecule has 1 aromatic carbocycles. The van der Waals surface area contributed by atoms with Gasteiger partial charge >= 0.3 is 29.6 Å². The van der Waals surface area contributed by atoms with Crippen LogP contribution in [0.2, 0.25) is 0 Å². The van der Waals surface area contributed by atoms with E-state index < -0.39 is 8.03 Å². The first-order chi connectivity index (χ1) is 4.30. The fourth-order valence-electron chi connectivity index (χ4n) is 0.574. The van der Waals surface area contributed by atoms with Crippen LogP contribution in [0.25, 0.3) is 0 Å². The first kappa shape index (κ1) is 10.4. The Hall–Kier alpha value is 0.410. The molecule has 0 aliphatic rings. The molecule has 0 aliphatic heterocycles. The van der Waals surface area contributed by atoms with E-state index in [4.69, 9.17) is 0 Å². The van der Waals surface area contributed by atoms with E-state index in [-0.39, 0.29) is 29.6 Å². The van der Waals surface area contributed by atoms with Crippen molar-refractivity contribution in [2.45, 2.75) is 0 Å². The van der Waals surface area contributed by atoms with Gasteiger partial charge in [-0.1, -0.05) is 30.3 Å². The average molecular weight is 164 g/mol. The van der Waals surface area contributed by atoms with Gasteiger partial charge in [0.05, 0.1) is 0 Å². The normalized spacial score (nSPS) is 11.7. The summed E-state index contributed by atoms with van der Waals surface area (Å²) in [5, 5.41) is 0.405. The van der Waals surface area contributed by atoms with Crippen molar-refractivity contribution in [1.29, 1.82) is 0 Å². The maximum absolute atomic E-state index is 10.3. The number of hydrogen-bond donors (Lipinski definition) is 0. The van der Waals surface area contributed by atoms with Crippen molar-refractivity contribution in [3.8, 4) is 0 Å². The van der Waals surface area contributed by atoms with E-state index in [0.717, 1.165) is 0 Å². The van der Waals surface area contributed by atoms with Gasteiger partial charge in [0.1, 0.15) is 0 Å². The second kappa shape index (κ2) is 5.11. The topological polar surface area (TPSA) is 40.1 Å². The minimum Gasteiger partial charge on any atom is -0.798 e. The van der Waals surface area contributed by atoms with Crippen molar-refractivity contribution in [1.82, 2.24) is 0 Å². The minimum absolute atomic E-state index is 0. The molecule has 2 nitrogen and oxygen atoms in total. The summed E-state index contributed by atoms with van der Waals surface area (Å²) in [6.07, 6.45) is 0. The van der Waals surface area contributed by atoms with E-state index in [0.29, 0.717) is 5.30 Å². The van der Waals surface area contributed by atoms with Crippen LogP contribution in [0.3, 0.4) is 0 Å². The third kappa shape index (κ3) is 3.00. The van der Waals surface area contributed by atoms with Gasteiger partial charge in [0, 0.05) is 8.03 Å². The molecule has 0 bridgehead atoms. The summed E-state index contributed by atoms with van der Waals surface area (Å²) in [4.78, 5) is 10.3. The molecular weight excluding hydrogens is 158 g/mol. The second-order valence-electron chi connectivity index (χ2n) is 1.65. The van der Waals surface area contributed by atoms with Crippen LogP contribution >= 0.6 is 8.03 Å². The van der Waals surface area contributed by atoms with Crippen LogP contribution in [0.15, 0.2) is 30.3 Å². The zero-order valence-corrected chi connectivity index (χ0v) is 8.70. The van der Waals surface area contributed by atoms with E-state index in [1.54, 1.807) is 30.3 Å². The largest absolute Gasteiger partial charge is 1.00 e. The molecule has 0 aliphatic carbocycles. The standard InChI is InChI=1S/C6H7O2P.Na/c7-9(8)6-4-2-1-3-5-6;/h1-5,9H,(H,7,8);/q;+1/p-1. The van der Waals surface area contributed by atoms with Crippen LogP contribution in [-0.2, 0) is 4.57 Å². The van der Waals surface area contributed by atoms with Gasteiger partial charge < -0.3 is 9.46 Å². The molecule has 1 rings (SSSR count). The van der Waals surface area contributed by atoms with Gasteiger partial charge in [-0.2, -0.15) is 0 Å². The van der Waals surface area contributed by atoms with Gasteiger partial charge in [0.25, 0.3) is 0 Å². The number of rotatable bonds is 1. The summed E-state index contributed by atoms with van der Waals surface area (Å²) in [6.45, 7) is 0. The van der Waals surface area contributed by atoms with E-state index in [9.17, 15) is 9.46 Å². The molecule has 0 amide bonds. The smallest absolute Gasteiger partial charge is 0.798 e. The molecule has 0 fully saturated rings. The summed E-state index contributed by atoms with van der Waals surface area (Å²) in [7, 11) is -2.71. The molecule has 1 aromatic rings. The van der Waals surface area contributed by atoms with Crippen LogP contribution < -0.4 is 39.8 Å². The Morgan fingerprint density at radius 3 is 2.00 bits per heavy atom. The van der Waals surface area contributed by atoms with Crippen LogP contribution in [0.1, 0.15) is 0 Å². The van der Waals surface area contributed by atoms with Crippen molar-refractivity contribution in [2.24, 2.45) is 0 Å². The molecule has 48 valence electrons. The van der Waals surface area contributed by atoms with Gasteiger partial charge in [0.2, 0.25) is 0 Å². The Kier molecular flexibility index (Phi) is 5.32. The van der Waals surface area contributed by atoms with Crippen molar-refractivity contribution in [2.75, 3.05) is 0 Å². The van der Waals surface area contributed by atoms with Gasteiger partial charge in [-0.25, -0.2) is 0 Å². The molecule has 4 heteroatoms. The third-order valence-corrected chi connectivity index (χ3v) is 1.81. The molecule has 0 saturated heterocycles. The first-order valence-corrected chi connectivity index (χ1v) is 3.89. The first-order valence-electron chi connectivity index (χ1n) is 2.57. The van der Waals surface area contributed by atoms with Crippen molar-refractivity contribution < 1.29 is 39.0 Å². The summed E-state index contributed by atoms with van der Waals surface area (Å²) in [5.74, 6) is 0. The molecular formula is C6H6NaO2P. The average Bonchev–Trinajstić information content (AvgIpc) is 1.90. The molecule has 0 radical (unpaired) electrons.